The van der Waals surface area contributed by atoms with Crippen molar-refractivity contribution in [2.75, 3.05) is 64.8 Å². The normalized spacial score (nSPS) is 20.2. The summed E-state index contributed by atoms with van der Waals surface area (Å²) in [4.78, 5) is 21.3. The second-order valence-corrected chi connectivity index (χ2v) is 11.0. The first-order valence-corrected chi connectivity index (χ1v) is 13.1. The molecule has 0 aromatic heterocycles. The van der Waals surface area contributed by atoms with E-state index in [1.165, 1.54) is 5.56 Å². The average Bonchev–Trinajstić information content (AvgIpc) is 2.80. The van der Waals surface area contributed by atoms with Crippen LogP contribution in [0.15, 0.2) is 42.5 Å². The highest BCUT2D eigenvalue weighted by atomic mass is 35.5. The van der Waals surface area contributed by atoms with Crippen LogP contribution in [-0.2, 0) is 4.79 Å². The van der Waals surface area contributed by atoms with Crippen molar-refractivity contribution in [1.29, 1.82) is 0 Å². The third kappa shape index (κ3) is 6.38. The molecule has 8 heteroatoms. The van der Waals surface area contributed by atoms with Gasteiger partial charge in [0.2, 0.25) is 5.91 Å². The molecule has 1 atom stereocenters. The number of piperidine rings is 1. The smallest absolute Gasteiger partial charge is 0.236 e. The van der Waals surface area contributed by atoms with E-state index in [2.05, 4.69) is 21.9 Å². The van der Waals surface area contributed by atoms with Crippen LogP contribution >= 0.6 is 34.8 Å². The van der Waals surface area contributed by atoms with Crippen LogP contribution in [0, 0.1) is 5.92 Å². The van der Waals surface area contributed by atoms with Crippen LogP contribution in [0.5, 0.6) is 0 Å². The van der Waals surface area contributed by atoms with Gasteiger partial charge in [0.1, 0.15) is 0 Å². The maximum atomic E-state index is 12.4. The summed E-state index contributed by atoms with van der Waals surface area (Å²) in [7, 11) is 3.89. The molecule has 34 heavy (non-hydrogen) atoms. The maximum Gasteiger partial charge on any atom is 0.236 e. The minimum absolute atomic E-state index is 0.173. The Morgan fingerprint density at radius 2 is 1.62 bits per heavy atom. The van der Waals surface area contributed by atoms with Gasteiger partial charge >= 0.3 is 0 Å². The van der Waals surface area contributed by atoms with Gasteiger partial charge in [-0.05, 0) is 68.8 Å². The second-order valence-electron chi connectivity index (χ2n) is 9.68. The summed E-state index contributed by atoms with van der Waals surface area (Å²) in [6.45, 7) is 6.04. The van der Waals surface area contributed by atoms with E-state index in [4.69, 9.17) is 34.8 Å². The Morgan fingerprint density at radius 1 is 0.941 bits per heavy atom. The SMILES string of the molecule is CN(C)CC(=O)N1CCC(CN2CCN(c3ccc(Cl)cc3Cl)C(c3ccc(Cl)cc3)C2)CC1. The van der Waals surface area contributed by atoms with Gasteiger partial charge < -0.3 is 14.7 Å². The first-order chi connectivity index (χ1) is 16.3. The lowest BCUT2D eigenvalue weighted by Crippen LogP contribution is -2.51. The van der Waals surface area contributed by atoms with Crippen molar-refractivity contribution in [2.24, 2.45) is 5.92 Å². The molecule has 2 aromatic carbocycles. The van der Waals surface area contributed by atoms with Gasteiger partial charge in [-0.1, -0.05) is 46.9 Å². The molecule has 1 unspecified atom stereocenters. The number of carbonyl (C=O) groups excluding carboxylic acids is 1. The summed E-state index contributed by atoms with van der Waals surface area (Å²) in [5.74, 6) is 0.847. The molecular formula is C26H33Cl3N4O. The monoisotopic (exact) mass is 522 g/mol. The molecule has 5 nitrogen and oxygen atoms in total. The molecule has 0 spiro atoms. The van der Waals surface area contributed by atoms with Gasteiger partial charge in [0.25, 0.3) is 0 Å². The molecule has 0 saturated carbocycles. The predicted octanol–water partition coefficient (Wildman–Crippen LogP) is 5.31. The number of hydrogen-bond donors (Lipinski definition) is 0. The largest absolute Gasteiger partial charge is 0.361 e. The molecule has 2 aliphatic heterocycles. The third-order valence-corrected chi connectivity index (χ3v) is 7.66. The van der Waals surface area contributed by atoms with E-state index in [-0.39, 0.29) is 11.9 Å². The molecular weight excluding hydrogens is 491 g/mol. The molecule has 0 radical (unpaired) electrons. The quantitative estimate of drug-likeness (QED) is 0.513. The maximum absolute atomic E-state index is 12.4. The van der Waals surface area contributed by atoms with Crippen LogP contribution < -0.4 is 4.90 Å². The number of hydrogen-bond acceptors (Lipinski definition) is 4. The molecule has 2 fully saturated rings. The fourth-order valence-electron chi connectivity index (χ4n) is 5.08. The van der Waals surface area contributed by atoms with Gasteiger partial charge in [-0.3, -0.25) is 9.69 Å². The Labute approximate surface area is 218 Å². The van der Waals surface area contributed by atoms with Crippen molar-refractivity contribution in [2.45, 2.75) is 18.9 Å². The number of benzene rings is 2. The molecule has 184 valence electrons. The fraction of sp³-hybridized carbons (Fsp3) is 0.500. The molecule has 2 saturated heterocycles. The van der Waals surface area contributed by atoms with Crippen molar-refractivity contribution in [3.8, 4) is 0 Å². The zero-order chi connectivity index (χ0) is 24.2. The van der Waals surface area contributed by atoms with Crippen LogP contribution in [0.3, 0.4) is 0 Å². The highest BCUT2D eigenvalue weighted by Gasteiger charge is 2.32. The van der Waals surface area contributed by atoms with Crippen LogP contribution in [0.25, 0.3) is 0 Å². The molecule has 0 aliphatic carbocycles. The van der Waals surface area contributed by atoms with Gasteiger partial charge in [0, 0.05) is 49.3 Å². The molecule has 4 rings (SSSR count). The van der Waals surface area contributed by atoms with Crippen molar-refractivity contribution >= 4 is 46.4 Å². The summed E-state index contributed by atoms with van der Waals surface area (Å²) in [5, 5.41) is 2.06. The van der Waals surface area contributed by atoms with Gasteiger partial charge in [-0.25, -0.2) is 0 Å². The molecule has 2 aromatic rings. The van der Waals surface area contributed by atoms with Gasteiger partial charge in [-0.2, -0.15) is 0 Å². The predicted molar refractivity (Wildman–Crippen MR) is 142 cm³/mol. The number of likely N-dealkylation sites (tertiary alicyclic amines) is 1. The molecule has 1 amide bonds. The number of halogens is 3. The van der Waals surface area contributed by atoms with E-state index in [0.717, 1.165) is 62.8 Å². The minimum Gasteiger partial charge on any atom is -0.361 e. The number of piperazine rings is 1. The van der Waals surface area contributed by atoms with E-state index in [1.807, 2.05) is 54.2 Å². The van der Waals surface area contributed by atoms with Crippen LogP contribution in [0.1, 0.15) is 24.4 Å². The lowest BCUT2D eigenvalue weighted by Gasteiger charge is -2.45. The lowest BCUT2D eigenvalue weighted by atomic mass is 9.94. The van der Waals surface area contributed by atoms with Crippen LogP contribution in [0.4, 0.5) is 5.69 Å². The topological polar surface area (TPSA) is 30.0 Å². The van der Waals surface area contributed by atoms with E-state index in [0.29, 0.717) is 22.5 Å². The summed E-state index contributed by atoms with van der Waals surface area (Å²) in [6.07, 6.45) is 2.13. The zero-order valence-electron chi connectivity index (χ0n) is 19.9. The first-order valence-electron chi connectivity index (χ1n) is 11.9. The van der Waals surface area contributed by atoms with Crippen LogP contribution in [-0.4, -0.2) is 80.5 Å². The van der Waals surface area contributed by atoms with E-state index >= 15 is 0 Å². The van der Waals surface area contributed by atoms with Gasteiger partial charge in [0.15, 0.2) is 0 Å². The number of amides is 1. The Morgan fingerprint density at radius 3 is 2.26 bits per heavy atom. The fourth-order valence-corrected chi connectivity index (χ4v) is 5.72. The number of likely N-dealkylation sites (N-methyl/N-ethyl adjacent to an activating group) is 1. The van der Waals surface area contributed by atoms with E-state index in [9.17, 15) is 4.79 Å². The van der Waals surface area contributed by atoms with Gasteiger partial charge in [-0.15, -0.1) is 0 Å². The molecule has 0 N–H and O–H groups in total. The number of rotatable bonds is 6. The summed E-state index contributed by atoms with van der Waals surface area (Å²) >= 11 is 18.9. The zero-order valence-corrected chi connectivity index (χ0v) is 22.2. The Bertz CT molecular complexity index is 977. The summed E-state index contributed by atoms with van der Waals surface area (Å²) in [5.41, 5.74) is 2.24. The highest BCUT2D eigenvalue weighted by molar-refractivity contribution is 6.36. The van der Waals surface area contributed by atoms with Crippen LogP contribution in [0.2, 0.25) is 15.1 Å². The van der Waals surface area contributed by atoms with E-state index < -0.39 is 0 Å². The molecule has 0 bridgehead atoms. The van der Waals surface area contributed by atoms with E-state index in [1.54, 1.807) is 0 Å². The third-order valence-electron chi connectivity index (χ3n) is 6.87. The van der Waals surface area contributed by atoms with Crippen molar-refractivity contribution < 1.29 is 4.79 Å². The first kappa shape index (κ1) is 25.6. The number of carbonyl (C=O) groups is 1. The Hall–Kier alpha value is -1.50. The number of nitrogens with zero attached hydrogens (tertiary/aromatic N) is 4. The molecule has 2 aliphatic rings. The van der Waals surface area contributed by atoms with Crippen molar-refractivity contribution in [1.82, 2.24) is 14.7 Å². The Kier molecular flexibility index (Phi) is 8.65. The standard InChI is InChI=1S/C26H33Cl3N4O/c1-30(2)18-26(34)32-11-9-19(10-12-32)16-31-13-14-33(24-8-7-22(28)15-23(24)29)25(17-31)20-3-5-21(27)6-4-20/h3-8,15,19,25H,9-14,16-18H2,1-2H3. The molecule has 2 heterocycles. The summed E-state index contributed by atoms with van der Waals surface area (Å²) in [6, 6.07) is 14.0. The number of anilines is 1. The summed E-state index contributed by atoms with van der Waals surface area (Å²) < 4.78 is 0. The van der Waals surface area contributed by atoms with Crippen molar-refractivity contribution in [3.63, 3.8) is 0 Å². The minimum atomic E-state index is 0.173. The van der Waals surface area contributed by atoms with Gasteiger partial charge in [0.05, 0.1) is 23.3 Å². The lowest BCUT2D eigenvalue weighted by molar-refractivity contribution is -0.133. The van der Waals surface area contributed by atoms with Crippen molar-refractivity contribution in [3.05, 3.63) is 63.1 Å². The highest BCUT2D eigenvalue weighted by Crippen LogP contribution is 2.37. The average molecular weight is 524 g/mol. The second kappa shape index (κ2) is 11.5. The Balaban J connectivity index is 1.43.